The van der Waals surface area contributed by atoms with E-state index < -0.39 is 0 Å². The number of hydrogen-bond acceptors (Lipinski definition) is 2. The van der Waals surface area contributed by atoms with Gasteiger partial charge in [0, 0.05) is 12.3 Å². The molecule has 12 heavy (non-hydrogen) atoms. The fourth-order valence-electron chi connectivity index (χ4n) is 1.59. The molecule has 0 saturated carbocycles. The van der Waals surface area contributed by atoms with E-state index in [9.17, 15) is 0 Å². The molecule has 1 aromatic rings. The fourth-order valence-corrected chi connectivity index (χ4v) is 1.59. The van der Waals surface area contributed by atoms with Gasteiger partial charge in [0.2, 0.25) is 0 Å². The molecule has 0 spiro atoms. The van der Waals surface area contributed by atoms with E-state index in [0.717, 1.165) is 19.6 Å². The zero-order chi connectivity index (χ0) is 8.55. The van der Waals surface area contributed by atoms with E-state index in [0.29, 0.717) is 6.04 Å². The average molecular weight is 166 g/mol. The van der Waals surface area contributed by atoms with Gasteiger partial charge in [-0.1, -0.05) is 0 Å². The van der Waals surface area contributed by atoms with E-state index in [2.05, 4.69) is 23.6 Å². The van der Waals surface area contributed by atoms with Gasteiger partial charge in [-0.2, -0.15) is 5.10 Å². The van der Waals surface area contributed by atoms with Crippen molar-refractivity contribution in [3.05, 3.63) is 17.5 Å². The predicted octanol–water partition coefficient (Wildman–Crippen LogP) is 1.46. The van der Waals surface area contributed by atoms with Gasteiger partial charge in [0.15, 0.2) is 0 Å². The standard InChI is InChI=1S/C9H14N2O/c1-7-5-10-11(8(7)2)9-3-4-12-6-9/h5,9H,3-4,6H2,1-2H3. The lowest BCUT2D eigenvalue weighted by Crippen LogP contribution is -2.11. The van der Waals surface area contributed by atoms with Crippen LogP contribution in [-0.4, -0.2) is 23.0 Å². The summed E-state index contributed by atoms with van der Waals surface area (Å²) in [7, 11) is 0. The fraction of sp³-hybridized carbons (Fsp3) is 0.667. The minimum atomic E-state index is 0.471. The van der Waals surface area contributed by atoms with Crippen molar-refractivity contribution in [3.8, 4) is 0 Å². The first-order valence-electron chi connectivity index (χ1n) is 4.37. The Morgan fingerprint density at radius 3 is 2.92 bits per heavy atom. The van der Waals surface area contributed by atoms with Crippen molar-refractivity contribution >= 4 is 0 Å². The van der Waals surface area contributed by atoms with Gasteiger partial charge in [-0.25, -0.2) is 0 Å². The van der Waals surface area contributed by atoms with Crippen LogP contribution in [0.3, 0.4) is 0 Å². The van der Waals surface area contributed by atoms with Crippen LogP contribution in [0, 0.1) is 13.8 Å². The zero-order valence-electron chi connectivity index (χ0n) is 7.58. The van der Waals surface area contributed by atoms with E-state index in [4.69, 9.17) is 4.74 Å². The van der Waals surface area contributed by atoms with Crippen LogP contribution in [-0.2, 0) is 4.74 Å². The van der Waals surface area contributed by atoms with Crippen molar-refractivity contribution in [2.24, 2.45) is 0 Å². The maximum Gasteiger partial charge on any atom is 0.0777 e. The minimum Gasteiger partial charge on any atom is -0.379 e. The van der Waals surface area contributed by atoms with E-state index in [-0.39, 0.29) is 0 Å². The average Bonchev–Trinajstić information content (AvgIpc) is 2.64. The summed E-state index contributed by atoms with van der Waals surface area (Å²) in [5.74, 6) is 0. The molecule has 0 N–H and O–H groups in total. The summed E-state index contributed by atoms with van der Waals surface area (Å²) >= 11 is 0. The Morgan fingerprint density at radius 2 is 2.42 bits per heavy atom. The third-order valence-corrected chi connectivity index (χ3v) is 2.54. The minimum absolute atomic E-state index is 0.471. The molecule has 0 radical (unpaired) electrons. The van der Waals surface area contributed by atoms with Gasteiger partial charge in [-0.05, 0) is 25.8 Å². The predicted molar refractivity (Wildman–Crippen MR) is 46.2 cm³/mol. The lowest BCUT2D eigenvalue weighted by Gasteiger charge is -2.10. The van der Waals surface area contributed by atoms with Crippen LogP contribution < -0.4 is 0 Å². The summed E-state index contributed by atoms with van der Waals surface area (Å²) in [6.07, 6.45) is 3.02. The zero-order valence-corrected chi connectivity index (χ0v) is 7.58. The summed E-state index contributed by atoms with van der Waals surface area (Å²) in [4.78, 5) is 0. The maximum absolute atomic E-state index is 5.31. The van der Waals surface area contributed by atoms with Gasteiger partial charge in [0.25, 0.3) is 0 Å². The number of aryl methyl sites for hydroxylation is 1. The molecule has 1 saturated heterocycles. The quantitative estimate of drug-likeness (QED) is 0.631. The third-order valence-electron chi connectivity index (χ3n) is 2.54. The molecule has 1 aliphatic heterocycles. The van der Waals surface area contributed by atoms with E-state index in [1.54, 1.807) is 0 Å². The monoisotopic (exact) mass is 166 g/mol. The van der Waals surface area contributed by atoms with Crippen LogP contribution in [0.2, 0.25) is 0 Å². The first kappa shape index (κ1) is 7.80. The lowest BCUT2D eigenvalue weighted by atomic mass is 10.2. The smallest absolute Gasteiger partial charge is 0.0777 e. The lowest BCUT2D eigenvalue weighted by molar-refractivity contribution is 0.184. The topological polar surface area (TPSA) is 27.1 Å². The van der Waals surface area contributed by atoms with Crippen LogP contribution in [0.4, 0.5) is 0 Å². The highest BCUT2D eigenvalue weighted by Gasteiger charge is 2.19. The highest BCUT2D eigenvalue weighted by atomic mass is 16.5. The van der Waals surface area contributed by atoms with Gasteiger partial charge in [-0.3, -0.25) is 4.68 Å². The number of hydrogen-bond donors (Lipinski definition) is 0. The van der Waals surface area contributed by atoms with E-state index in [1.165, 1.54) is 11.3 Å². The van der Waals surface area contributed by atoms with Crippen molar-refractivity contribution in [1.29, 1.82) is 0 Å². The molecule has 3 heteroatoms. The molecular weight excluding hydrogens is 152 g/mol. The highest BCUT2D eigenvalue weighted by Crippen LogP contribution is 2.20. The molecule has 3 nitrogen and oxygen atoms in total. The second-order valence-electron chi connectivity index (χ2n) is 3.37. The Morgan fingerprint density at radius 1 is 1.58 bits per heavy atom. The largest absolute Gasteiger partial charge is 0.379 e. The Balaban J connectivity index is 2.26. The molecule has 2 rings (SSSR count). The maximum atomic E-state index is 5.31. The van der Waals surface area contributed by atoms with Gasteiger partial charge in [0.1, 0.15) is 0 Å². The Kier molecular flexibility index (Phi) is 1.89. The van der Waals surface area contributed by atoms with Crippen molar-refractivity contribution in [2.75, 3.05) is 13.2 Å². The normalized spacial score (nSPS) is 23.3. The number of nitrogens with zero attached hydrogens (tertiary/aromatic N) is 2. The van der Waals surface area contributed by atoms with Crippen molar-refractivity contribution in [2.45, 2.75) is 26.3 Å². The Bertz CT molecular complexity index is 274. The van der Waals surface area contributed by atoms with Crippen LogP contribution in [0.5, 0.6) is 0 Å². The summed E-state index contributed by atoms with van der Waals surface area (Å²) < 4.78 is 7.40. The molecular formula is C9H14N2O. The molecule has 1 atom stereocenters. The summed E-state index contributed by atoms with van der Waals surface area (Å²) in [5, 5.41) is 4.33. The third kappa shape index (κ3) is 1.14. The molecule has 66 valence electrons. The van der Waals surface area contributed by atoms with Crippen LogP contribution in [0.25, 0.3) is 0 Å². The number of aromatic nitrogens is 2. The first-order valence-corrected chi connectivity index (χ1v) is 4.37. The second-order valence-corrected chi connectivity index (χ2v) is 3.37. The molecule has 0 aliphatic carbocycles. The molecule has 0 aromatic carbocycles. The molecule has 0 amide bonds. The first-order chi connectivity index (χ1) is 5.79. The van der Waals surface area contributed by atoms with Gasteiger partial charge < -0.3 is 4.74 Å². The number of rotatable bonds is 1. The van der Waals surface area contributed by atoms with Crippen LogP contribution >= 0.6 is 0 Å². The summed E-state index contributed by atoms with van der Waals surface area (Å²) in [6.45, 7) is 5.90. The highest BCUT2D eigenvalue weighted by molar-refractivity contribution is 5.14. The van der Waals surface area contributed by atoms with Crippen LogP contribution in [0.1, 0.15) is 23.7 Å². The van der Waals surface area contributed by atoms with Gasteiger partial charge >= 0.3 is 0 Å². The Labute approximate surface area is 72.3 Å². The molecule has 0 bridgehead atoms. The Hall–Kier alpha value is -0.830. The number of ether oxygens (including phenoxy) is 1. The van der Waals surface area contributed by atoms with Crippen molar-refractivity contribution < 1.29 is 4.74 Å². The molecule has 1 aromatic heterocycles. The van der Waals surface area contributed by atoms with Gasteiger partial charge in [0.05, 0.1) is 18.8 Å². The molecule has 1 fully saturated rings. The second kappa shape index (κ2) is 2.90. The van der Waals surface area contributed by atoms with E-state index in [1.807, 2.05) is 6.20 Å². The van der Waals surface area contributed by atoms with Crippen molar-refractivity contribution in [1.82, 2.24) is 9.78 Å². The molecule has 2 heterocycles. The van der Waals surface area contributed by atoms with Crippen LogP contribution in [0.15, 0.2) is 6.20 Å². The molecule has 1 aliphatic rings. The molecule has 1 unspecified atom stereocenters. The SMILES string of the molecule is Cc1cnn(C2CCOC2)c1C. The van der Waals surface area contributed by atoms with Gasteiger partial charge in [-0.15, -0.1) is 0 Å². The van der Waals surface area contributed by atoms with E-state index >= 15 is 0 Å². The summed E-state index contributed by atoms with van der Waals surface area (Å²) in [5.41, 5.74) is 2.53. The van der Waals surface area contributed by atoms with Crippen molar-refractivity contribution in [3.63, 3.8) is 0 Å². The summed E-state index contributed by atoms with van der Waals surface area (Å²) in [6, 6.07) is 0.471.